The highest BCUT2D eigenvalue weighted by molar-refractivity contribution is 5.57. The largest absolute Gasteiger partial charge is 0.383 e. The molecule has 0 saturated carbocycles. The fourth-order valence-corrected chi connectivity index (χ4v) is 2.56. The van der Waals surface area contributed by atoms with Gasteiger partial charge in [-0.25, -0.2) is 4.39 Å². The van der Waals surface area contributed by atoms with Crippen molar-refractivity contribution in [2.75, 3.05) is 31.7 Å². The molecule has 0 aliphatic rings. The number of hydrogen-bond acceptors (Lipinski definition) is 3. The number of nitrogens with zero attached hydrogens (tertiary/aromatic N) is 1. The van der Waals surface area contributed by atoms with Crippen molar-refractivity contribution in [3.8, 4) is 0 Å². The molecule has 3 nitrogen and oxygen atoms in total. The molecule has 0 saturated heterocycles. The maximum atomic E-state index is 14.5. The van der Waals surface area contributed by atoms with Crippen LogP contribution in [0.3, 0.4) is 0 Å². The number of rotatable bonds is 9. The van der Waals surface area contributed by atoms with Crippen LogP contribution in [0.5, 0.6) is 0 Å². The van der Waals surface area contributed by atoms with E-state index >= 15 is 0 Å². The first-order valence-corrected chi connectivity index (χ1v) is 7.84. The van der Waals surface area contributed by atoms with Gasteiger partial charge in [-0.05, 0) is 38.4 Å². The molecule has 0 aromatic heterocycles. The zero-order valence-electron chi connectivity index (χ0n) is 13.9. The summed E-state index contributed by atoms with van der Waals surface area (Å²) in [6.45, 7) is 10.5. The van der Waals surface area contributed by atoms with Crippen molar-refractivity contribution in [1.29, 1.82) is 0 Å². The fraction of sp³-hybridized carbons (Fsp3) is 0.647. The van der Waals surface area contributed by atoms with Gasteiger partial charge < -0.3 is 15.0 Å². The van der Waals surface area contributed by atoms with E-state index < -0.39 is 0 Å². The molecule has 0 aliphatic carbocycles. The van der Waals surface area contributed by atoms with Crippen molar-refractivity contribution >= 4 is 5.69 Å². The van der Waals surface area contributed by atoms with E-state index in [-0.39, 0.29) is 17.9 Å². The molecule has 0 radical (unpaired) electrons. The molecule has 2 atom stereocenters. The Hall–Kier alpha value is -1.13. The highest BCUT2D eigenvalue weighted by Gasteiger charge is 2.22. The third kappa shape index (κ3) is 4.68. The summed E-state index contributed by atoms with van der Waals surface area (Å²) in [6.07, 6.45) is 0.965. The summed E-state index contributed by atoms with van der Waals surface area (Å²) in [5, 5.41) is 3.37. The van der Waals surface area contributed by atoms with Crippen molar-refractivity contribution in [1.82, 2.24) is 5.32 Å². The Bertz CT molecular complexity index is 425. The van der Waals surface area contributed by atoms with Gasteiger partial charge in [0.2, 0.25) is 0 Å². The minimum absolute atomic E-state index is 0.120. The summed E-state index contributed by atoms with van der Waals surface area (Å²) >= 11 is 0. The van der Waals surface area contributed by atoms with Gasteiger partial charge in [0.05, 0.1) is 12.3 Å². The van der Waals surface area contributed by atoms with Crippen LogP contribution in [0.2, 0.25) is 0 Å². The van der Waals surface area contributed by atoms with Crippen molar-refractivity contribution in [2.24, 2.45) is 0 Å². The summed E-state index contributed by atoms with van der Waals surface area (Å²) in [5.74, 6) is -0.159. The first-order chi connectivity index (χ1) is 10.1. The normalized spacial score (nSPS) is 14.0. The van der Waals surface area contributed by atoms with E-state index in [4.69, 9.17) is 4.74 Å². The number of para-hydroxylation sites is 1. The summed E-state index contributed by atoms with van der Waals surface area (Å²) in [6, 6.07) is 5.72. The highest BCUT2D eigenvalue weighted by Crippen LogP contribution is 2.31. The third-order valence-corrected chi connectivity index (χ3v) is 3.94. The molecule has 120 valence electrons. The molecular formula is C17H29FN2O. The van der Waals surface area contributed by atoms with E-state index in [1.54, 1.807) is 19.2 Å². The summed E-state index contributed by atoms with van der Waals surface area (Å²) < 4.78 is 19.7. The molecule has 2 unspecified atom stereocenters. The molecule has 1 rings (SSSR count). The second-order valence-corrected chi connectivity index (χ2v) is 5.40. The van der Waals surface area contributed by atoms with E-state index in [0.29, 0.717) is 18.8 Å². The monoisotopic (exact) mass is 296 g/mol. The van der Waals surface area contributed by atoms with Crippen LogP contribution in [0.1, 0.15) is 45.7 Å². The van der Waals surface area contributed by atoms with Crippen molar-refractivity contribution in [3.63, 3.8) is 0 Å². The van der Waals surface area contributed by atoms with Gasteiger partial charge in [0, 0.05) is 25.7 Å². The molecule has 1 N–H and O–H groups in total. The predicted octanol–water partition coefficient (Wildman–Crippen LogP) is 3.75. The Kier molecular flexibility index (Phi) is 7.68. The Morgan fingerprint density at radius 1 is 1.29 bits per heavy atom. The van der Waals surface area contributed by atoms with Crippen LogP contribution in [-0.2, 0) is 4.74 Å². The number of hydrogen-bond donors (Lipinski definition) is 1. The summed E-state index contributed by atoms with van der Waals surface area (Å²) in [4.78, 5) is 2.13. The van der Waals surface area contributed by atoms with Gasteiger partial charge in [-0.2, -0.15) is 0 Å². The summed E-state index contributed by atoms with van der Waals surface area (Å²) in [5.41, 5.74) is 1.71. The minimum atomic E-state index is -0.159. The average Bonchev–Trinajstić information content (AvgIpc) is 2.48. The van der Waals surface area contributed by atoms with Gasteiger partial charge >= 0.3 is 0 Å². The fourth-order valence-electron chi connectivity index (χ4n) is 2.56. The standard InChI is InChI=1S/C17H29FN2O/c1-6-13(3)20(11-12-21-5)17-15(14(4)19-7-2)9-8-10-16(17)18/h8-10,13-14,19H,6-7,11-12H2,1-5H3. The predicted molar refractivity (Wildman–Crippen MR) is 87.5 cm³/mol. The quantitative estimate of drug-likeness (QED) is 0.751. The molecule has 1 aromatic rings. The van der Waals surface area contributed by atoms with Gasteiger partial charge in [-0.3, -0.25) is 0 Å². The maximum absolute atomic E-state index is 14.5. The zero-order chi connectivity index (χ0) is 15.8. The van der Waals surface area contributed by atoms with Gasteiger partial charge in [0.25, 0.3) is 0 Å². The molecule has 1 aromatic carbocycles. The van der Waals surface area contributed by atoms with Gasteiger partial charge in [-0.1, -0.05) is 26.0 Å². The van der Waals surface area contributed by atoms with Crippen LogP contribution in [0.25, 0.3) is 0 Å². The minimum Gasteiger partial charge on any atom is -0.383 e. The number of anilines is 1. The number of methoxy groups -OCH3 is 1. The molecule has 4 heteroatoms. The number of nitrogens with one attached hydrogen (secondary N) is 1. The van der Waals surface area contributed by atoms with E-state index in [0.717, 1.165) is 18.5 Å². The van der Waals surface area contributed by atoms with Crippen LogP contribution in [0.15, 0.2) is 18.2 Å². The first kappa shape index (κ1) is 17.9. The highest BCUT2D eigenvalue weighted by atomic mass is 19.1. The van der Waals surface area contributed by atoms with Crippen LogP contribution >= 0.6 is 0 Å². The maximum Gasteiger partial charge on any atom is 0.146 e. The zero-order valence-corrected chi connectivity index (χ0v) is 13.9. The van der Waals surface area contributed by atoms with E-state index in [2.05, 4.69) is 37.9 Å². The summed E-state index contributed by atoms with van der Waals surface area (Å²) in [7, 11) is 1.68. The lowest BCUT2D eigenvalue weighted by Crippen LogP contribution is -2.37. The van der Waals surface area contributed by atoms with Crippen LogP contribution in [0, 0.1) is 5.82 Å². The number of benzene rings is 1. The van der Waals surface area contributed by atoms with Gasteiger partial charge in [0.15, 0.2) is 0 Å². The Morgan fingerprint density at radius 2 is 2.00 bits per heavy atom. The molecule has 0 aliphatic heterocycles. The van der Waals surface area contributed by atoms with Crippen molar-refractivity contribution in [3.05, 3.63) is 29.6 Å². The third-order valence-electron chi connectivity index (χ3n) is 3.94. The van der Waals surface area contributed by atoms with Crippen LogP contribution in [-0.4, -0.2) is 32.8 Å². The Morgan fingerprint density at radius 3 is 2.57 bits per heavy atom. The van der Waals surface area contributed by atoms with Crippen LogP contribution in [0.4, 0.5) is 10.1 Å². The second-order valence-electron chi connectivity index (χ2n) is 5.40. The topological polar surface area (TPSA) is 24.5 Å². The Balaban J connectivity index is 3.21. The number of ether oxygens (including phenoxy) is 1. The lowest BCUT2D eigenvalue weighted by Gasteiger charge is -2.34. The van der Waals surface area contributed by atoms with E-state index in [9.17, 15) is 4.39 Å². The molecule has 0 fully saturated rings. The van der Waals surface area contributed by atoms with Crippen molar-refractivity contribution < 1.29 is 9.13 Å². The number of halogens is 1. The molecule has 0 bridgehead atoms. The van der Waals surface area contributed by atoms with E-state index in [1.165, 1.54) is 0 Å². The molecule has 21 heavy (non-hydrogen) atoms. The first-order valence-electron chi connectivity index (χ1n) is 7.84. The van der Waals surface area contributed by atoms with Gasteiger partial charge in [0.1, 0.15) is 5.82 Å². The molecular weight excluding hydrogens is 267 g/mol. The Labute approximate surface area is 128 Å². The average molecular weight is 296 g/mol. The van der Waals surface area contributed by atoms with Crippen molar-refractivity contribution in [2.45, 2.75) is 46.2 Å². The van der Waals surface area contributed by atoms with Gasteiger partial charge in [-0.15, -0.1) is 0 Å². The van der Waals surface area contributed by atoms with Crippen LogP contribution < -0.4 is 10.2 Å². The molecule has 0 amide bonds. The molecule has 0 heterocycles. The smallest absolute Gasteiger partial charge is 0.146 e. The SMILES string of the molecule is CCNC(C)c1cccc(F)c1N(CCOC)C(C)CC. The van der Waals surface area contributed by atoms with E-state index in [1.807, 2.05) is 6.07 Å². The lowest BCUT2D eigenvalue weighted by molar-refractivity contribution is 0.203. The molecule has 0 spiro atoms. The second kappa shape index (κ2) is 9.00. The lowest BCUT2D eigenvalue weighted by atomic mass is 10.0.